The summed E-state index contributed by atoms with van der Waals surface area (Å²) < 4.78 is 28.5. The lowest BCUT2D eigenvalue weighted by Gasteiger charge is -2.23. The molecule has 9 nitrogen and oxygen atoms in total. The van der Waals surface area contributed by atoms with Crippen molar-refractivity contribution < 1.29 is 38.1 Å². The van der Waals surface area contributed by atoms with Crippen LogP contribution < -0.4 is 9.55 Å². The number of nitrogens with zero attached hydrogens (tertiary/aromatic N) is 1. The van der Waals surface area contributed by atoms with Crippen LogP contribution in [0, 0.1) is 5.92 Å². The topological polar surface area (TPSA) is 101 Å². The number of ketones is 1. The summed E-state index contributed by atoms with van der Waals surface area (Å²) in [7, 11) is 4.54. The third-order valence-corrected chi connectivity index (χ3v) is 6.07. The van der Waals surface area contributed by atoms with Crippen LogP contribution in [-0.2, 0) is 28.5 Å². The number of ether oxygens (including phenoxy) is 5. The second kappa shape index (κ2) is 11.9. The van der Waals surface area contributed by atoms with E-state index in [0.717, 1.165) is 0 Å². The predicted molar refractivity (Wildman–Crippen MR) is 136 cm³/mol. The average molecular weight is 498 g/mol. The van der Waals surface area contributed by atoms with Crippen LogP contribution in [0.25, 0.3) is 6.08 Å². The summed E-state index contributed by atoms with van der Waals surface area (Å²) in [4.78, 5) is 38.9. The monoisotopic (exact) mass is 498 g/mol. The summed E-state index contributed by atoms with van der Waals surface area (Å²) in [6.07, 6.45) is 5.99. The second-order valence-electron chi connectivity index (χ2n) is 9.32. The first kappa shape index (κ1) is 27.6. The van der Waals surface area contributed by atoms with Crippen molar-refractivity contribution >= 4 is 37.1 Å². The lowest BCUT2D eigenvalue weighted by Crippen LogP contribution is -2.30. The molecular weight excluding hydrogens is 465 g/mol. The summed E-state index contributed by atoms with van der Waals surface area (Å²) in [6, 6.07) is 3.40. The number of cyclic esters (lactones) is 1. The third-order valence-electron chi connectivity index (χ3n) is 6.07. The number of hydrogen-bond acceptors (Lipinski definition) is 9. The van der Waals surface area contributed by atoms with E-state index in [0.29, 0.717) is 23.9 Å². The minimum atomic E-state index is -0.905. The van der Waals surface area contributed by atoms with Crippen molar-refractivity contribution in [3.63, 3.8) is 0 Å². The molecule has 0 spiro atoms. The van der Waals surface area contributed by atoms with E-state index >= 15 is 0 Å². The van der Waals surface area contributed by atoms with E-state index in [4.69, 9.17) is 23.7 Å². The molecule has 1 saturated heterocycles. The van der Waals surface area contributed by atoms with Crippen molar-refractivity contribution in [2.75, 3.05) is 25.8 Å². The summed E-state index contributed by atoms with van der Waals surface area (Å²) in [5.41, 5.74) is 1.36. The predicted octanol–water partition coefficient (Wildman–Crippen LogP) is 3.16. The van der Waals surface area contributed by atoms with Gasteiger partial charge in [-0.1, -0.05) is 25.2 Å². The standard InChI is InChI=1S/C26H33BNO8/c1-16-10-11-20(30)24-21(35-26(3,4)36-24)9-7-8-18-12-19(28(5)27-14-29)13-22(33-15-32-6)23(18)25(31)34-17(16)2/h7-8,10-14,16-17,21,24H,9,15H2,1-6H3/b8-7+,11-10-/t16-,17+,21+,24?/m1/s1. The molecule has 4 atom stereocenters. The van der Waals surface area contributed by atoms with E-state index in [1.54, 1.807) is 56.9 Å². The van der Waals surface area contributed by atoms with Crippen molar-refractivity contribution in [3.8, 4) is 5.75 Å². The van der Waals surface area contributed by atoms with Gasteiger partial charge in [0.1, 0.15) is 29.7 Å². The van der Waals surface area contributed by atoms with Crippen molar-refractivity contribution in [1.82, 2.24) is 0 Å². The van der Waals surface area contributed by atoms with Gasteiger partial charge in [-0.2, -0.15) is 0 Å². The van der Waals surface area contributed by atoms with Crippen molar-refractivity contribution in [2.45, 2.75) is 58.2 Å². The van der Waals surface area contributed by atoms with Gasteiger partial charge in [0, 0.05) is 24.8 Å². The Kier molecular flexibility index (Phi) is 9.11. The summed E-state index contributed by atoms with van der Waals surface area (Å²) in [5, 5.41) is 0. The Labute approximate surface area is 212 Å². The first-order valence-electron chi connectivity index (χ1n) is 11.8. The highest BCUT2D eigenvalue weighted by molar-refractivity contribution is 6.70. The molecule has 0 saturated carbocycles. The fourth-order valence-corrected chi connectivity index (χ4v) is 4.00. The van der Waals surface area contributed by atoms with Crippen LogP contribution in [0.2, 0.25) is 0 Å². The number of hydrogen-bond donors (Lipinski definition) is 0. The zero-order valence-electron chi connectivity index (χ0n) is 21.6. The molecule has 2 aliphatic rings. The summed E-state index contributed by atoms with van der Waals surface area (Å²) in [5.74, 6) is -1.68. The molecule has 1 unspecified atom stereocenters. The van der Waals surface area contributed by atoms with E-state index < -0.39 is 30.1 Å². The number of benzene rings is 1. The molecule has 10 heteroatoms. The molecule has 0 aromatic heterocycles. The molecule has 1 radical (unpaired) electrons. The molecule has 36 heavy (non-hydrogen) atoms. The van der Waals surface area contributed by atoms with Gasteiger partial charge in [-0.15, -0.1) is 0 Å². The third kappa shape index (κ3) is 6.63. The van der Waals surface area contributed by atoms with Gasteiger partial charge in [0.2, 0.25) is 0 Å². The summed E-state index contributed by atoms with van der Waals surface area (Å²) >= 11 is 0. The molecule has 2 heterocycles. The minimum absolute atomic E-state index is 0.0885. The van der Waals surface area contributed by atoms with Gasteiger partial charge in [-0.05, 0) is 51.9 Å². The molecule has 0 amide bonds. The zero-order chi connectivity index (χ0) is 26.5. The molecule has 2 aliphatic heterocycles. The Hall–Kier alpha value is -2.95. The molecule has 1 aromatic rings. The van der Waals surface area contributed by atoms with Crippen LogP contribution in [0.3, 0.4) is 0 Å². The van der Waals surface area contributed by atoms with Crippen LogP contribution in [0.4, 0.5) is 5.69 Å². The lowest BCUT2D eigenvalue weighted by molar-refractivity contribution is -0.152. The number of carbonyl (C=O) groups is 3. The van der Waals surface area contributed by atoms with Gasteiger partial charge in [-0.25, -0.2) is 4.79 Å². The molecule has 193 valence electrons. The summed E-state index contributed by atoms with van der Waals surface area (Å²) in [6.45, 7) is 7.07. The first-order chi connectivity index (χ1) is 17.1. The molecule has 1 fully saturated rings. The maximum atomic E-state index is 13.4. The Balaban J connectivity index is 2.11. The normalized spacial score (nSPS) is 27.6. The van der Waals surface area contributed by atoms with Gasteiger partial charge >= 0.3 is 13.4 Å². The SMILES string of the molecule is COCOc1cc(N(C)[B]C=O)cc2c1C(=O)O[C@@H](C)[C@H](C)/C=C\C(=O)C1OC(C)(C)O[C@H]1C/C=C/2. The molecule has 1 aromatic carbocycles. The number of fused-ring (bicyclic) bond motifs is 2. The second-order valence-corrected chi connectivity index (χ2v) is 9.32. The highest BCUT2D eigenvalue weighted by Gasteiger charge is 2.43. The molecule has 3 rings (SSSR count). The molecule has 0 N–H and O–H groups in total. The van der Waals surface area contributed by atoms with Gasteiger partial charge in [0.15, 0.2) is 18.4 Å². The van der Waals surface area contributed by atoms with E-state index in [1.807, 2.05) is 13.0 Å². The zero-order valence-corrected chi connectivity index (χ0v) is 21.6. The highest BCUT2D eigenvalue weighted by Crippen LogP contribution is 2.34. The number of rotatable bonds is 6. The molecular formula is C26H33BNO8. The Bertz CT molecular complexity index is 1040. The van der Waals surface area contributed by atoms with Crippen molar-refractivity contribution in [3.05, 3.63) is 41.5 Å². The Morgan fingerprint density at radius 2 is 1.94 bits per heavy atom. The van der Waals surface area contributed by atoms with Gasteiger partial charge < -0.3 is 33.3 Å². The largest absolute Gasteiger partial charge is 0.467 e. The van der Waals surface area contributed by atoms with Gasteiger partial charge in [0.05, 0.1) is 6.10 Å². The van der Waals surface area contributed by atoms with E-state index in [2.05, 4.69) is 0 Å². The number of methoxy groups -OCH3 is 1. The Morgan fingerprint density at radius 3 is 2.64 bits per heavy atom. The lowest BCUT2D eigenvalue weighted by atomic mass is 9.93. The maximum absolute atomic E-state index is 13.4. The number of anilines is 1. The minimum Gasteiger partial charge on any atom is -0.467 e. The van der Waals surface area contributed by atoms with Crippen LogP contribution in [0.1, 0.15) is 50.0 Å². The van der Waals surface area contributed by atoms with Crippen LogP contribution >= 0.6 is 0 Å². The van der Waals surface area contributed by atoms with Crippen molar-refractivity contribution in [2.24, 2.45) is 5.92 Å². The van der Waals surface area contributed by atoms with E-state index in [9.17, 15) is 14.4 Å². The van der Waals surface area contributed by atoms with Crippen LogP contribution in [0.5, 0.6) is 5.75 Å². The maximum Gasteiger partial charge on any atom is 0.342 e. The quantitative estimate of drug-likeness (QED) is 0.253. The van der Waals surface area contributed by atoms with Crippen LogP contribution in [-0.4, -0.2) is 70.4 Å². The smallest absolute Gasteiger partial charge is 0.342 e. The van der Waals surface area contributed by atoms with Crippen molar-refractivity contribution in [1.29, 1.82) is 0 Å². The number of carbonyl (C=O) groups excluding carboxylic acids is 3. The van der Waals surface area contributed by atoms with Gasteiger partial charge in [-0.3, -0.25) is 4.79 Å². The van der Waals surface area contributed by atoms with Gasteiger partial charge in [0.25, 0.3) is 0 Å². The fourth-order valence-electron chi connectivity index (χ4n) is 4.00. The van der Waals surface area contributed by atoms with E-state index in [1.165, 1.54) is 20.6 Å². The molecule has 0 aliphatic carbocycles. The Morgan fingerprint density at radius 1 is 1.19 bits per heavy atom. The molecule has 0 bridgehead atoms. The van der Waals surface area contributed by atoms with E-state index in [-0.39, 0.29) is 29.8 Å². The first-order valence-corrected chi connectivity index (χ1v) is 11.8. The number of esters is 1. The highest BCUT2D eigenvalue weighted by atomic mass is 16.8. The van der Waals surface area contributed by atoms with Crippen LogP contribution in [0.15, 0.2) is 30.4 Å². The fraction of sp³-hybridized carbons (Fsp3) is 0.500. The average Bonchev–Trinajstić information content (AvgIpc) is 3.14.